The van der Waals surface area contributed by atoms with Gasteiger partial charge in [0.05, 0.1) is 6.54 Å². The maximum Gasteiger partial charge on any atom is 0.320 e. The van der Waals surface area contributed by atoms with E-state index < -0.39 is 13.0 Å². The SMILES string of the molecule is CN(CC(F)F)C(=O)N1CCNCC1. The summed E-state index contributed by atoms with van der Waals surface area (Å²) in [5, 5.41) is 3.09. The number of nitrogens with zero attached hydrogens (tertiary/aromatic N) is 2. The van der Waals surface area contributed by atoms with Gasteiger partial charge in [-0.05, 0) is 0 Å². The van der Waals surface area contributed by atoms with Crippen LogP contribution in [0.2, 0.25) is 0 Å². The molecule has 1 rings (SSSR count). The normalized spacial score (nSPS) is 17.3. The molecule has 0 atom stereocenters. The van der Waals surface area contributed by atoms with Crippen LogP contribution < -0.4 is 5.32 Å². The molecule has 0 radical (unpaired) electrons. The van der Waals surface area contributed by atoms with Crippen molar-refractivity contribution in [1.29, 1.82) is 0 Å². The van der Waals surface area contributed by atoms with E-state index in [1.165, 1.54) is 7.05 Å². The van der Waals surface area contributed by atoms with Gasteiger partial charge in [0, 0.05) is 33.2 Å². The molecule has 0 aromatic carbocycles. The maximum absolute atomic E-state index is 12.0. The molecule has 0 aromatic rings. The number of piperazine rings is 1. The number of hydrogen-bond donors (Lipinski definition) is 1. The second-order valence-corrected chi connectivity index (χ2v) is 3.29. The van der Waals surface area contributed by atoms with E-state index in [4.69, 9.17) is 0 Å². The van der Waals surface area contributed by atoms with E-state index in [9.17, 15) is 13.6 Å². The first-order valence-electron chi connectivity index (χ1n) is 4.60. The summed E-state index contributed by atoms with van der Waals surface area (Å²) >= 11 is 0. The van der Waals surface area contributed by atoms with Crippen LogP contribution in [0.5, 0.6) is 0 Å². The fraction of sp³-hybridized carbons (Fsp3) is 0.875. The van der Waals surface area contributed by atoms with Crippen molar-refractivity contribution < 1.29 is 13.6 Å². The molecular weight excluding hydrogens is 192 g/mol. The minimum Gasteiger partial charge on any atom is -0.322 e. The molecule has 82 valence electrons. The molecule has 2 amide bonds. The highest BCUT2D eigenvalue weighted by Gasteiger charge is 2.21. The van der Waals surface area contributed by atoms with Crippen LogP contribution in [0, 0.1) is 0 Å². The van der Waals surface area contributed by atoms with E-state index >= 15 is 0 Å². The number of hydrogen-bond acceptors (Lipinski definition) is 2. The van der Waals surface area contributed by atoms with Gasteiger partial charge in [-0.2, -0.15) is 0 Å². The van der Waals surface area contributed by atoms with Gasteiger partial charge in [0.2, 0.25) is 0 Å². The molecule has 1 aliphatic rings. The lowest BCUT2D eigenvalue weighted by molar-refractivity contribution is 0.0931. The molecule has 1 heterocycles. The smallest absolute Gasteiger partial charge is 0.320 e. The van der Waals surface area contributed by atoms with Crippen LogP contribution in [0.15, 0.2) is 0 Å². The Bertz CT molecular complexity index is 195. The van der Waals surface area contributed by atoms with Gasteiger partial charge in [0.25, 0.3) is 6.43 Å². The summed E-state index contributed by atoms with van der Waals surface area (Å²) in [6, 6.07) is -0.313. The Kier molecular flexibility index (Phi) is 4.06. The number of alkyl halides is 2. The molecule has 0 bridgehead atoms. The van der Waals surface area contributed by atoms with Gasteiger partial charge in [0.1, 0.15) is 0 Å². The highest BCUT2D eigenvalue weighted by Crippen LogP contribution is 2.02. The lowest BCUT2D eigenvalue weighted by Crippen LogP contribution is -2.51. The standard InChI is InChI=1S/C8H15F2N3O/c1-12(6-7(9)10)8(14)13-4-2-11-3-5-13/h7,11H,2-6H2,1H3. The summed E-state index contributed by atoms with van der Waals surface area (Å²) < 4.78 is 24.0. The number of nitrogens with one attached hydrogen (secondary N) is 1. The van der Waals surface area contributed by atoms with Crippen LogP contribution in [-0.2, 0) is 0 Å². The molecular formula is C8H15F2N3O. The minimum absolute atomic E-state index is 0.313. The van der Waals surface area contributed by atoms with Crippen molar-refractivity contribution in [3.63, 3.8) is 0 Å². The monoisotopic (exact) mass is 207 g/mol. The Balaban J connectivity index is 2.38. The fourth-order valence-electron chi connectivity index (χ4n) is 1.38. The molecule has 0 aliphatic carbocycles. The van der Waals surface area contributed by atoms with Crippen molar-refractivity contribution >= 4 is 6.03 Å². The highest BCUT2D eigenvalue weighted by atomic mass is 19.3. The average Bonchev–Trinajstić information content (AvgIpc) is 2.17. The number of carbonyl (C=O) groups excluding carboxylic acids is 1. The Morgan fingerprint density at radius 3 is 2.57 bits per heavy atom. The van der Waals surface area contributed by atoms with E-state index in [0.717, 1.165) is 18.0 Å². The molecule has 6 heteroatoms. The van der Waals surface area contributed by atoms with E-state index in [-0.39, 0.29) is 6.03 Å². The molecule has 0 unspecified atom stereocenters. The predicted molar refractivity (Wildman–Crippen MR) is 48.5 cm³/mol. The van der Waals surface area contributed by atoms with Crippen LogP contribution in [0.4, 0.5) is 13.6 Å². The summed E-state index contributed by atoms with van der Waals surface area (Å²) in [6.07, 6.45) is -2.47. The Morgan fingerprint density at radius 1 is 1.50 bits per heavy atom. The van der Waals surface area contributed by atoms with Crippen molar-refractivity contribution in [2.45, 2.75) is 6.43 Å². The molecule has 14 heavy (non-hydrogen) atoms. The third-order valence-corrected chi connectivity index (χ3v) is 2.13. The van der Waals surface area contributed by atoms with Crippen molar-refractivity contribution in [2.75, 3.05) is 39.8 Å². The first kappa shape index (κ1) is 11.2. The van der Waals surface area contributed by atoms with E-state index in [1.54, 1.807) is 4.90 Å². The molecule has 0 saturated carbocycles. The molecule has 4 nitrogen and oxygen atoms in total. The molecule has 0 aromatic heterocycles. The van der Waals surface area contributed by atoms with Gasteiger partial charge in [-0.25, -0.2) is 13.6 Å². The zero-order valence-electron chi connectivity index (χ0n) is 8.17. The van der Waals surface area contributed by atoms with Gasteiger partial charge in [-0.1, -0.05) is 0 Å². The number of halogens is 2. The number of carbonyl (C=O) groups is 1. The maximum atomic E-state index is 12.0. The second kappa shape index (κ2) is 5.09. The molecule has 1 saturated heterocycles. The fourth-order valence-corrected chi connectivity index (χ4v) is 1.38. The van der Waals surface area contributed by atoms with Crippen LogP contribution in [-0.4, -0.2) is 62.0 Å². The van der Waals surface area contributed by atoms with E-state index in [2.05, 4.69) is 5.32 Å². The van der Waals surface area contributed by atoms with Crippen molar-refractivity contribution in [2.24, 2.45) is 0 Å². The number of urea groups is 1. The predicted octanol–water partition coefficient (Wildman–Crippen LogP) is 0.208. The van der Waals surface area contributed by atoms with Gasteiger partial charge in [-0.3, -0.25) is 0 Å². The first-order valence-corrected chi connectivity index (χ1v) is 4.60. The summed E-state index contributed by atoms with van der Waals surface area (Å²) in [7, 11) is 1.40. The van der Waals surface area contributed by atoms with Crippen LogP contribution in [0.3, 0.4) is 0 Å². The van der Waals surface area contributed by atoms with Crippen molar-refractivity contribution in [3.05, 3.63) is 0 Å². The molecule has 0 spiro atoms. The molecule has 1 N–H and O–H groups in total. The van der Waals surface area contributed by atoms with Gasteiger partial charge < -0.3 is 15.1 Å². The number of rotatable bonds is 2. The van der Waals surface area contributed by atoms with Gasteiger partial charge >= 0.3 is 6.03 Å². The highest BCUT2D eigenvalue weighted by molar-refractivity contribution is 5.74. The quantitative estimate of drug-likeness (QED) is 0.702. The summed E-state index contributed by atoms with van der Waals surface area (Å²) in [5.74, 6) is 0. The molecule has 1 aliphatic heterocycles. The topological polar surface area (TPSA) is 35.6 Å². The molecule has 1 fully saturated rings. The lowest BCUT2D eigenvalue weighted by Gasteiger charge is -2.31. The minimum atomic E-state index is -2.47. The van der Waals surface area contributed by atoms with Crippen molar-refractivity contribution in [3.8, 4) is 0 Å². The van der Waals surface area contributed by atoms with Gasteiger partial charge in [-0.15, -0.1) is 0 Å². The van der Waals surface area contributed by atoms with Crippen molar-refractivity contribution in [1.82, 2.24) is 15.1 Å². The third kappa shape index (κ3) is 3.10. The first-order chi connectivity index (χ1) is 6.61. The summed E-state index contributed by atoms with van der Waals surface area (Å²) in [5.41, 5.74) is 0. The number of amides is 2. The van der Waals surface area contributed by atoms with Crippen LogP contribution in [0.1, 0.15) is 0 Å². The van der Waals surface area contributed by atoms with Crippen LogP contribution >= 0.6 is 0 Å². The van der Waals surface area contributed by atoms with E-state index in [1.807, 2.05) is 0 Å². The largest absolute Gasteiger partial charge is 0.322 e. The van der Waals surface area contributed by atoms with E-state index in [0.29, 0.717) is 13.1 Å². The third-order valence-electron chi connectivity index (χ3n) is 2.13. The van der Waals surface area contributed by atoms with Gasteiger partial charge in [0.15, 0.2) is 0 Å². The lowest BCUT2D eigenvalue weighted by atomic mass is 10.4. The zero-order chi connectivity index (χ0) is 10.6. The Hall–Kier alpha value is -0.910. The second-order valence-electron chi connectivity index (χ2n) is 3.29. The Labute approximate surface area is 81.9 Å². The summed E-state index contributed by atoms with van der Waals surface area (Å²) in [4.78, 5) is 14.2. The average molecular weight is 207 g/mol. The Morgan fingerprint density at radius 2 is 2.07 bits per heavy atom. The zero-order valence-corrected chi connectivity index (χ0v) is 8.17. The van der Waals surface area contributed by atoms with Crippen LogP contribution in [0.25, 0.3) is 0 Å². The summed E-state index contributed by atoms with van der Waals surface area (Å²) in [6.45, 7) is 2.14.